The molecule has 4 heteroatoms. The number of hydrogen-bond donors (Lipinski definition) is 1. The molecule has 3 nitrogen and oxygen atoms in total. The molecule has 0 bridgehead atoms. The number of nitrogens with zero attached hydrogens (tertiary/aromatic N) is 1. The van der Waals surface area contributed by atoms with Crippen LogP contribution in [0.25, 0.3) is 0 Å². The first-order chi connectivity index (χ1) is 8.58. The third-order valence-electron chi connectivity index (χ3n) is 3.59. The number of aryl methyl sites for hydroxylation is 1. The Morgan fingerprint density at radius 3 is 2.72 bits per heavy atom. The molecule has 98 valence electrons. The Morgan fingerprint density at radius 2 is 2.11 bits per heavy atom. The molecule has 1 unspecified atom stereocenters. The van der Waals surface area contributed by atoms with Gasteiger partial charge in [0.25, 0.3) is 0 Å². The monoisotopic (exact) mass is 267 g/mol. The number of aliphatic carboxylic acids is 1. The zero-order chi connectivity index (χ0) is 13.1. The Labute approximate surface area is 112 Å². The lowest BCUT2D eigenvalue weighted by Crippen LogP contribution is -2.41. The second-order valence-electron chi connectivity index (χ2n) is 4.87. The topological polar surface area (TPSA) is 40.5 Å². The fraction of sp³-hybridized carbons (Fsp3) is 0.500. The molecule has 1 N–H and O–H groups in total. The first kappa shape index (κ1) is 13.4. The summed E-state index contributed by atoms with van der Waals surface area (Å²) in [5.74, 6) is -0.740. The van der Waals surface area contributed by atoms with Crippen LogP contribution in [0.15, 0.2) is 18.2 Å². The van der Waals surface area contributed by atoms with Crippen LogP contribution in [0.4, 0.5) is 0 Å². The van der Waals surface area contributed by atoms with E-state index in [9.17, 15) is 9.90 Å². The molecular formula is C14H18ClNO2. The molecule has 1 aliphatic rings. The summed E-state index contributed by atoms with van der Waals surface area (Å²) in [6.45, 7) is 3.77. The van der Waals surface area contributed by atoms with Crippen molar-refractivity contribution in [1.82, 2.24) is 4.90 Å². The maximum atomic E-state index is 11.4. The minimum Gasteiger partial charge on any atom is -0.480 e. The number of benzene rings is 1. The van der Waals surface area contributed by atoms with E-state index in [0.717, 1.165) is 37.1 Å². The molecular weight excluding hydrogens is 250 g/mol. The van der Waals surface area contributed by atoms with E-state index in [-0.39, 0.29) is 0 Å². The van der Waals surface area contributed by atoms with E-state index in [1.165, 1.54) is 0 Å². The average Bonchev–Trinajstić information content (AvgIpc) is 2.83. The average molecular weight is 268 g/mol. The molecule has 0 spiro atoms. The number of rotatable bonds is 4. The van der Waals surface area contributed by atoms with Crippen LogP contribution >= 0.6 is 11.6 Å². The van der Waals surface area contributed by atoms with Gasteiger partial charge in [-0.3, -0.25) is 9.69 Å². The highest BCUT2D eigenvalue weighted by Gasteiger charge is 2.28. The fourth-order valence-corrected chi connectivity index (χ4v) is 2.69. The Balaban J connectivity index is 2.17. The fourth-order valence-electron chi connectivity index (χ4n) is 2.49. The standard InChI is InChI=1S/C14H18ClNO2/c1-10-4-5-12(15)8-11(10)9-13(14(17)18)16-6-2-3-7-16/h4-5,8,13H,2-3,6-7,9H2,1H3,(H,17,18). The quantitative estimate of drug-likeness (QED) is 0.912. The molecule has 1 aromatic rings. The Bertz CT molecular complexity index is 441. The smallest absolute Gasteiger partial charge is 0.321 e. The molecule has 0 aromatic heterocycles. The van der Waals surface area contributed by atoms with Gasteiger partial charge in [0, 0.05) is 5.02 Å². The van der Waals surface area contributed by atoms with Crippen molar-refractivity contribution in [2.45, 2.75) is 32.2 Å². The summed E-state index contributed by atoms with van der Waals surface area (Å²) in [6.07, 6.45) is 2.72. The first-order valence-corrected chi connectivity index (χ1v) is 6.67. The van der Waals surface area contributed by atoms with Crippen LogP contribution in [0.1, 0.15) is 24.0 Å². The van der Waals surface area contributed by atoms with Crippen LogP contribution in [0.5, 0.6) is 0 Å². The van der Waals surface area contributed by atoms with Gasteiger partial charge in [0.1, 0.15) is 6.04 Å². The number of hydrogen-bond acceptors (Lipinski definition) is 2. The minimum atomic E-state index is -0.740. The van der Waals surface area contributed by atoms with E-state index < -0.39 is 12.0 Å². The Hall–Kier alpha value is -1.06. The van der Waals surface area contributed by atoms with Crippen LogP contribution in [-0.4, -0.2) is 35.1 Å². The summed E-state index contributed by atoms with van der Waals surface area (Å²) < 4.78 is 0. The van der Waals surface area contributed by atoms with Crippen molar-refractivity contribution >= 4 is 17.6 Å². The van der Waals surface area contributed by atoms with Crippen LogP contribution in [0.3, 0.4) is 0 Å². The van der Waals surface area contributed by atoms with Crippen molar-refractivity contribution in [1.29, 1.82) is 0 Å². The zero-order valence-corrected chi connectivity index (χ0v) is 11.3. The van der Waals surface area contributed by atoms with Crippen LogP contribution < -0.4 is 0 Å². The molecule has 0 aliphatic carbocycles. The number of likely N-dealkylation sites (tertiary alicyclic amines) is 1. The Morgan fingerprint density at radius 1 is 1.44 bits per heavy atom. The predicted octanol–water partition coefficient (Wildman–Crippen LogP) is 2.74. The Kier molecular flexibility index (Phi) is 4.25. The summed E-state index contributed by atoms with van der Waals surface area (Å²) in [5, 5.41) is 10.0. The SMILES string of the molecule is Cc1ccc(Cl)cc1CC(C(=O)O)N1CCCC1. The van der Waals surface area contributed by atoms with Crippen molar-refractivity contribution in [3.05, 3.63) is 34.3 Å². The van der Waals surface area contributed by atoms with Crippen molar-refractivity contribution in [3.63, 3.8) is 0 Å². The van der Waals surface area contributed by atoms with Crippen LogP contribution in [0.2, 0.25) is 5.02 Å². The van der Waals surface area contributed by atoms with Gasteiger partial charge in [0.2, 0.25) is 0 Å². The van der Waals surface area contributed by atoms with E-state index in [2.05, 4.69) is 4.90 Å². The molecule has 0 radical (unpaired) electrons. The van der Waals surface area contributed by atoms with Gasteiger partial charge in [-0.25, -0.2) is 0 Å². The van der Waals surface area contributed by atoms with Crippen molar-refractivity contribution in [2.75, 3.05) is 13.1 Å². The third kappa shape index (κ3) is 3.03. The second kappa shape index (κ2) is 5.72. The predicted molar refractivity (Wildman–Crippen MR) is 72.1 cm³/mol. The van der Waals surface area contributed by atoms with E-state index >= 15 is 0 Å². The highest BCUT2D eigenvalue weighted by Crippen LogP contribution is 2.21. The lowest BCUT2D eigenvalue weighted by molar-refractivity contribution is -0.142. The van der Waals surface area contributed by atoms with Crippen LogP contribution in [-0.2, 0) is 11.2 Å². The molecule has 18 heavy (non-hydrogen) atoms. The van der Waals surface area contributed by atoms with Crippen molar-refractivity contribution in [3.8, 4) is 0 Å². The van der Waals surface area contributed by atoms with E-state index in [0.29, 0.717) is 11.4 Å². The molecule has 1 atom stereocenters. The van der Waals surface area contributed by atoms with Gasteiger partial charge in [-0.1, -0.05) is 17.7 Å². The summed E-state index contributed by atoms with van der Waals surface area (Å²) in [4.78, 5) is 13.5. The van der Waals surface area contributed by atoms with Gasteiger partial charge in [-0.15, -0.1) is 0 Å². The second-order valence-corrected chi connectivity index (χ2v) is 5.31. The maximum absolute atomic E-state index is 11.4. The lowest BCUT2D eigenvalue weighted by Gasteiger charge is -2.24. The summed E-state index contributed by atoms with van der Waals surface area (Å²) in [5.41, 5.74) is 2.13. The van der Waals surface area contributed by atoms with Crippen LogP contribution in [0, 0.1) is 6.92 Å². The zero-order valence-electron chi connectivity index (χ0n) is 10.5. The third-order valence-corrected chi connectivity index (χ3v) is 3.83. The molecule has 2 rings (SSSR count). The number of carboxylic acid groups (broad SMARTS) is 1. The lowest BCUT2D eigenvalue weighted by atomic mass is 10.0. The van der Waals surface area contributed by atoms with E-state index in [4.69, 9.17) is 11.6 Å². The van der Waals surface area contributed by atoms with Gasteiger partial charge in [0.15, 0.2) is 0 Å². The van der Waals surface area contributed by atoms with Crippen molar-refractivity contribution in [2.24, 2.45) is 0 Å². The maximum Gasteiger partial charge on any atom is 0.321 e. The van der Waals surface area contributed by atoms with E-state index in [1.54, 1.807) is 0 Å². The molecule has 1 aliphatic heterocycles. The summed E-state index contributed by atoms with van der Waals surface area (Å²) in [7, 11) is 0. The molecule has 1 saturated heterocycles. The highest BCUT2D eigenvalue weighted by molar-refractivity contribution is 6.30. The van der Waals surface area contributed by atoms with Crippen molar-refractivity contribution < 1.29 is 9.90 Å². The minimum absolute atomic E-state index is 0.426. The molecule has 1 heterocycles. The largest absolute Gasteiger partial charge is 0.480 e. The number of halogens is 1. The molecule has 0 amide bonds. The summed E-state index contributed by atoms with van der Waals surface area (Å²) >= 11 is 5.98. The van der Waals surface area contributed by atoms with Gasteiger partial charge in [-0.05, 0) is 62.5 Å². The highest BCUT2D eigenvalue weighted by atomic mass is 35.5. The first-order valence-electron chi connectivity index (χ1n) is 6.30. The van der Waals surface area contributed by atoms with Gasteiger partial charge >= 0.3 is 5.97 Å². The van der Waals surface area contributed by atoms with Gasteiger partial charge in [-0.2, -0.15) is 0 Å². The molecule has 0 saturated carbocycles. The molecule has 1 aromatic carbocycles. The van der Waals surface area contributed by atoms with E-state index in [1.807, 2.05) is 25.1 Å². The van der Waals surface area contributed by atoms with Gasteiger partial charge < -0.3 is 5.11 Å². The number of carbonyl (C=O) groups is 1. The summed E-state index contributed by atoms with van der Waals surface area (Å²) in [6, 6.07) is 5.24. The normalized spacial score (nSPS) is 17.9. The molecule has 1 fully saturated rings. The number of carboxylic acids is 1. The van der Waals surface area contributed by atoms with Gasteiger partial charge in [0.05, 0.1) is 0 Å².